The maximum Gasteiger partial charge on any atom is 0.508 e. The number of para-hydroxylation sites is 1. The number of nitrogens with one attached hydrogen (secondary N) is 1. The van der Waals surface area contributed by atoms with Crippen LogP contribution in [0, 0.1) is 10.1 Å². The third-order valence-electron chi connectivity index (χ3n) is 6.78. The van der Waals surface area contributed by atoms with Gasteiger partial charge in [-0.2, -0.15) is 0 Å². The summed E-state index contributed by atoms with van der Waals surface area (Å²) < 4.78 is 23.2. The summed E-state index contributed by atoms with van der Waals surface area (Å²) in [5, 5.41) is 24.9. The Labute approximate surface area is 254 Å². The van der Waals surface area contributed by atoms with Crippen molar-refractivity contribution in [3.8, 4) is 5.75 Å². The van der Waals surface area contributed by atoms with Crippen molar-refractivity contribution in [2.24, 2.45) is 0 Å². The number of amides is 1. The lowest BCUT2D eigenvalue weighted by atomic mass is 10.0. The van der Waals surface area contributed by atoms with Crippen LogP contribution in [-0.2, 0) is 19.0 Å². The fourth-order valence-corrected chi connectivity index (χ4v) is 4.77. The van der Waals surface area contributed by atoms with Crippen LogP contribution in [-0.4, -0.2) is 73.6 Å². The molecule has 1 amide bonds. The Morgan fingerprint density at radius 2 is 2.00 bits per heavy atom. The maximum atomic E-state index is 12.4. The highest BCUT2D eigenvalue weighted by molar-refractivity contribution is 6.30. The SMILES string of the molecule is CC(COC(=O)OC[C@H]1O[C@@H](n2cnc3c(NC(=O)COc4ccccc4)ncnc32)C[C@@H]1O)c1cc(Cl)ccc1[N+](=O)[O-]. The molecule has 5 rings (SSSR count). The van der Waals surface area contributed by atoms with Gasteiger partial charge in [0.05, 0.1) is 17.4 Å². The molecule has 2 N–H and O–H groups in total. The predicted molar refractivity (Wildman–Crippen MR) is 154 cm³/mol. The molecule has 1 aliphatic heterocycles. The normalized spacial score (nSPS) is 18.5. The molecular weight excluding hydrogens is 600 g/mol. The van der Waals surface area contributed by atoms with Gasteiger partial charge in [-0.05, 0) is 24.3 Å². The van der Waals surface area contributed by atoms with Crippen molar-refractivity contribution in [3.63, 3.8) is 0 Å². The molecule has 1 fully saturated rings. The van der Waals surface area contributed by atoms with Crippen LogP contribution in [0.15, 0.2) is 61.2 Å². The molecule has 0 bridgehead atoms. The minimum Gasteiger partial charge on any atom is -0.484 e. The van der Waals surface area contributed by atoms with Gasteiger partial charge >= 0.3 is 6.16 Å². The summed E-state index contributed by atoms with van der Waals surface area (Å²) in [6, 6.07) is 13.0. The van der Waals surface area contributed by atoms with Crippen molar-refractivity contribution >= 4 is 46.3 Å². The second-order valence-electron chi connectivity index (χ2n) is 9.86. The molecule has 0 radical (unpaired) electrons. The van der Waals surface area contributed by atoms with Gasteiger partial charge in [-0.25, -0.2) is 19.7 Å². The van der Waals surface area contributed by atoms with Crippen LogP contribution in [0.25, 0.3) is 11.2 Å². The van der Waals surface area contributed by atoms with Crippen LogP contribution >= 0.6 is 11.6 Å². The number of aliphatic hydroxyl groups is 1. The summed E-state index contributed by atoms with van der Waals surface area (Å²) in [4.78, 5) is 48.2. The van der Waals surface area contributed by atoms with Crippen LogP contribution in [0.5, 0.6) is 5.75 Å². The highest BCUT2D eigenvalue weighted by Gasteiger charge is 2.37. The van der Waals surface area contributed by atoms with Gasteiger partial charge in [0.1, 0.15) is 37.6 Å². The van der Waals surface area contributed by atoms with E-state index in [9.17, 15) is 24.8 Å². The molecule has 1 saturated heterocycles. The van der Waals surface area contributed by atoms with E-state index in [1.807, 2.05) is 6.07 Å². The van der Waals surface area contributed by atoms with Crippen molar-refractivity contribution < 1.29 is 38.6 Å². The Morgan fingerprint density at radius 1 is 1.20 bits per heavy atom. The number of aromatic nitrogens is 4. The lowest BCUT2D eigenvalue weighted by Crippen LogP contribution is -2.28. The average molecular weight is 627 g/mol. The van der Waals surface area contributed by atoms with Crippen molar-refractivity contribution in [3.05, 3.63) is 81.9 Å². The first-order chi connectivity index (χ1) is 21.2. The number of nitrogens with zero attached hydrogens (tertiary/aromatic N) is 5. The number of imidazole rings is 1. The number of nitro benzene ring substituents is 1. The smallest absolute Gasteiger partial charge is 0.484 e. The van der Waals surface area contributed by atoms with Crippen LogP contribution < -0.4 is 10.1 Å². The molecule has 3 heterocycles. The highest BCUT2D eigenvalue weighted by atomic mass is 35.5. The van der Waals surface area contributed by atoms with Gasteiger partial charge in [0.15, 0.2) is 23.6 Å². The van der Waals surface area contributed by atoms with E-state index in [1.165, 1.54) is 30.9 Å². The minimum atomic E-state index is -1.03. The Balaban J connectivity index is 1.14. The number of hydrogen-bond donors (Lipinski definition) is 2. The van der Waals surface area contributed by atoms with E-state index in [2.05, 4.69) is 20.3 Å². The molecule has 2 aromatic carbocycles. The average Bonchev–Trinajstić information content (AvgIpc) is 3.61. The third kappa shape index (κ3) is 7.19. The van der Waals surface area contributed by atoms with Crippen LogP contribution in [0.1, 0.15) is 31.1 Å². The van der Waals surface area contributed by atoms with Gasteiger partial charge in [0, 0.05) is 29.0 Å². The molecule has 4 aromatic rings. The van der Waals surface area contributed by atoms with Crippen molar-refractivity contribution in [2.75, 3.05) is 25.1 Å². The van der Waals surface area contributed by atoms with Crippen LogP contribution in [0.3, 0.4) is 0 Å². The lowest BCUT2D eigenvalue weighted by molar-refractivity contribution is -0.385. The quantitative estimate of drug-likeness (QED) is 0.138. The lowest BCUT2D eigenvalue weighted by Gasteiger charge is -2.17. The predicted octanol–water partition coefficient (Wildman–Crippen LogP) is 4.01. The fourth-order valence-electron chi connectivity index (χ4n) is 4.58. The number of ether oxygens (including phenoxy) is 4. The molecule has 230 valence electrons. The summed E-state index contributed by atoms with van der Waals surface area (Å²) in [5.74, 6) is -0.266. The zero-order valence-corrected chi connectivity index (χ0v) is 24.0. The molecule has 16 heteroatoms. The van der Waals surface area contributed by atoms with Crippen molar-refractivity contribution in [2.45, 2.75) is 37.7 Å². The first-order valence-electron chi connectivity index (χ1n) is 13.4. The topological polar surface area (TPSA) is 190 Å². The molecule has 1 unspecified atom stereocenters. The first kappa shape index (κ1) is 30.6. The van der Waals surface area contributed by atoms with E-state index in [0.717, 1.165) is 0 Å². The standard InChI is InChI=1S/C28H27ClN6O9/c1-16(19-9-17(29)7-8-20(19)35(39)40)11-42-28(38)43-12-22-21(36)10-24(44-22)34-15-32-25-26(30-14-31-27(25)34)33-23(37)13-41-18-5-3-2-4-6-18/h2-9,14-16,21-22,24,36H,10-13H2,1H3,(H,30,31,33,37)/t16?,21-,22+,24+/m0/s1. The van der Waals surface area contributed by atoms with E-state index in [1.54, 1.807) is 35.8 Å². The third-order valence-corrected chi connectivity index (χ3v) is 7.01. The summed E-state index contributed by atoms with van der Waals surface area (Å²) in [6.07, 6.45) is -0.764. The van der Waals surface area contributed by atoms with E-state index in [4.69, 9.17) is 30.5 Å². The van der Waals surface area contributed by atoms with Crippen molar-refractivity contribution in [1.82, 2.24) is 19.5 Å². The number of rotatable bonds is 11. The number of hydrogen-bond acceptors (Lipinski definition) is 12. The van der Waals surface area contributed by atoms with E-state index < -0.39 is 41.3 Å². The van der Waals surface area contributed by atoms with Gasteiger partial charge in [-0.1, -0.05) is 36.7 Å². The fraction of sp³-hybridized carbons (Fsp3) is 0.321. The first-order valence-corrected chi connectivity index (χ1v) is 13.8. The summed E-state index contributed by atoms with van der Waals surface area (Å²) in [6.45, 7) is 0.896. The molecule has 44 heavy (non-hydrogen) atoms. The molecule has 0 saturated carbocycles. The van der Waals surface area contributed by atoms with E-state index >= 15 is 0 Å². The van der Waals surface area contributed by atoms with Gasteiger partial charge < -0.3 is 29.4 Å². The van der Waals surface area contributed by atoms with Crippen LogP contribution in [0.2, 0.25) is 5.02 Å². The maximum absolute atomic E-state index is 12.4. The minimum absolute atomic E-state index is 0.139. The Kier molecular flexibility index (Phi) is 9.47. The van der Waals surface area contributed by atoms with Gasteiger partial charge in [-0.15, -0.1) is 0 Å². The number of anilines is 1. The number of halogens is 1. The van der Waals surface area contributed by atoms with Gasteiger partial charge in [-0.3, -0.25) is 19.5 Å². The molecule has 1 aliphatic rings. The molecule has 15 nitrogen and oxygen atoms in total. The number of carbonyl (C=O) groups excluding carboxylic acids is 2. The van der Waals surface area contributed by atoms with Gasteiger partial charge in [0.2, 0.25) is 0 Å². The molecular formula is C28H27ClN6O9. The highest BCUT2D eigenvalue weighted by Crippen LogP contribution is 2.32. The van der Waals surface area contributed by atoms with Gasteiger partial charge in [0.25, 0.3) is 11.6 Å². The van der Waals surface area contributed by atoms with E-state index in [-0.39, 0.29) is 37.7 Å². The molecule has 0 spiro atoms. The second kappa shape index (κ2) is 13.6. The number of aliphatic hydroxyl groups excluding tert-OH is 1. The largest absolute Gasteiger partial charge is 0.508 e. The summed E-state index contributed by atoms with van der Waals surface area (Å²) >= 11 is 5.98. The summed E-state index contributed by atoms with van der Waals surface area (Å²) in [5.41, 5.74) is 0.820. The Hall–Kier alpha value is -4.86. The second-order valence-corrected chi connectivity index (χ2v) is 10.3. The Morgan fingerprint density at radius 3 is 2.77 bits per heavy atom. The summed E-state index contributed by atoms with van der Waals surface area (Å²) in [7, 11) is 0. The molecule has 4 atom stereocenters. The number of carbonyl (C=O) groups is 2. The van der Waals surface area contributed by atoms with Crippen LogP contribution in [0.4, 0.5) is 16.3 Å². The number of nitro groups is 1. The monoisotopic (exact) mass is 626 g/mol. The number of benzene rings is 2. The Bertz CT molecular complexity index is 1650. The number of fused-ring (bicyclic) bond motifs is 1. The van der Waals surface area contributed by atoms with Crippen molar-refractivity contribution in [1.29, 1.82) is 0 Å². The zero-order valence-electron chi connectivity index (χ0n) is 23.2. The molecule has 2 aromatic heterocycles. The zero-order chi connectivity index (χ0) is 31.2. The van der Waals surface area contributed by atoms with E-state index in [0.29, 0.717) is 27.5 Å². The molecule has 0 aliphatic carbocycles.